The van der Waals surface area contributed by atoms with E-state index in [-0.39, 0.29) is 12.4 Å². The van der Waals surface area contributed by atoms with E-state index in [0.29, 0.717) is 12.4 Å². The van der Waals surface area contributed by atoms with E-state index in [1.54, 1.807) is 0 Å². The van der Waals surface area contributed by atoms with Gasteiger partial charge in [0.1, 0.15) is 29.4 Å². The fourth-order valence-corrected chi connectivity index (χ4v) is 2.59. The Hall–Kier alpha value is -2.28. The second-order valence-corrected chi connectivity index (χ2v) is 5.11. The molecule has 0 amide bonds. The highest BCUT2D eigenvalue weighted by Crippen LogP contribution is 2.23. The molecule has 0 aliphatic rings. The van der Waals surface area contributed by atoms with E-state index >= 15 is 0 Å². The number of nitrogens with one attached hydrogen (secondary N) is 1. The van der Waals surface area contributed by atoms with Crippen molar-refractivity contribution >= 4 is 27.4 Å². The minimum absolute atomic E-state index is 0.0292. The molecule has 4 nitrogen and oxygen atoms in total. The molecule has 0 fully saturated rings. The van der Waals surface area contributed by atoms with Gasteiger partial charge in [-0.1, -0.05) is 0 Å². The molecule has 0 bridgehead atoms. The number of hydrogen-bond acceptors (Lipinski definition) is 5. The minimum atomic E-state index is -0.711. The number of anilines is 1. The van der Waals surface area contributed by atoms with Crippen molar-refractivity contribution in [3.8, 4) is 5.75 Å². The highest BCUT2D eigenvalue weighted by molar-refractivity contribution is 7.16. The molecule has 0 aliphatic heterocycles. The van der Waals surface area contributed by atoms with Gasteiger partial charge >= 0.3 is 0 Å². The van der Waals surface area contributed by atoms with Crippen LogP contribution in [-0.4, -0.2) is 23.1 Å². The molecule has 1 N–H and O–H groups in total. The largest absolute Gasteiger partial charge is 0.489 e. The number of aromatic nitrogens is 2. The Bertz CT molecular complexity index is 763. The summed E-state index contributed by atoms with van der Waals surface area (Å²) >= 11 is 1.53. The minimum Gasteiger partial charge on any atom is -0.489 e. The van der Waals surface area contributed by atoms with Crippen molar-refractivity contribution in [2.75, 3.05) is 18.5 Å². The van der Waals surface area contributed by atoms with E-state index < -0.39 is 11.6 Å². The third-order valence-corrected chi connectivity index (χ3v) is 3.63. The molecule has 0 unspecified atom stereocenters. The van der Waals surface area contributed by atoms with Crippen LogP contribution in [0.4, 0.5) is 14.6 Å². The monoisotopic (exact) mass is 307 g/mol. The van der Waals surface area contributed by atoms with E-state index in [2.05, 4.69) is 15.3 Å². The fraction of sp³-hybridized carbons (Fsp3) is 0.143. The first-order chi connectivity index (χ1) is 10.2. The van der Waals surface area contributed by atoms with Crippen molar-refractivity contribution in [1.82, 2.24) is 9.97 Å². The first kappa shape index (κ1) is 13.7. The maximum atomic E-state index is 13.4. The van der Waals surface area contributed by atoms with Gasteiger partial charge in [-0.2, -0.15) is 0 Å². The summed E-state index contributed by atoms with van der Waals surface area (Å²) in [5.41, 5.74) is 0. The van der Waals surface area contributed by atoms with Crippen LogP contribution in [0.2, 0.25) is 0 Å². The molecule has 2 heterocycles. The Morgan fingerprint density at radius 2 is 2.10 bits per heavy atom. The Morgan fingerprint density at radius 3 is 2.95 bits per heavy atom. The molecule has 0 radical (unpaired) electrons. The molecular weight excluding hydrogens is 296 g/mol. The zero-order valence-electron chi connectivity index (χ0n) is 10.8. The number of thiophene rings is 1. The van der Waals surface area contributed by atoms with Gasteiger partial charge in [-0.05, 0) is 23.6 Å². The normalized spacial score (nSPS) is 10.8. The van der Waals surface area contributed by atoms with E-state index in [1.807, 2.05) is 11.4 Å². The zero-order chi connectivity index (χ0) is 14.7. The fourth-order valence-electron chi connectivity index (χ4n) is 1.85. The summed E-state index contributed by atoms with van der Waals surface area (Å²) in [6, 6.07) is 5.16. The Morgan fingerprint density at radius 1 is 1.19 bits per heavy atom. The van der Waals surface area contributed by atoms with Crippen LogP contribution in [0.15, 0.2) is 36.0 Å². The van der Waals surface area contributed by atoms with Gasteiger partial charge in [0.2, 0.25) is 0 Å². The standard InChI is InChI=1S/C14H11F2N3OS/c15-9-1-2-12(11(16)7-9)20-5-4-17-13-10-3-6-21-14(10)19-8-18-13/h1-3,6-8H,4-5H2,(H,17,18,19). The molecule has 108 valence electrons. The van der Waals surface area contributed by atoms with Gasteiger partial charge in [0.25, 0.3) is 0 Å². The van der Waals surface area contributed by atoms with E-state index in [1.165, 1.54) is 23.7 Å². The number of ether oxygens (including phenoxy) is 1. The number of fused-ring (bicyclic) bond motifs is 1. The van der Waals surface area contributed by atoms with Crippen LogP contribution < -0.4 is 10.1 Å². The average Bonchev–Trinajstić information content (AvgIpc) is 2.94. The predicted molar refractivity (Wildman–Crippen MR) is 77.8 cm³/mol. The first-order valence-electron chi connectivity index (χ1n) is 6.24. The van der Waals surface area contributed by atoms with Crippen molar-refractivity contribution in [2.24, 2.45) is 0 Å². The van der Waals surface area contributed by atoms with Crippen LogP contribution in [0.3, 0.4) is 0 Å². The van der Waals surface area contributed by atoms with Crippen molar-refractivity contribution < 1.29 is 13.5 Å². The molecule has 2 aromatic heterocycles. The Balaban J connectivity index is 1.58. The maximum absolute atomic E-state index is 13.4. The highest BCUT2D eigenvalue weighted by Gasteiger charge is 2.06. The summed E-state index contributed by atoms with van der Waals surface area (Å²) in [5, 5.41) is 5.99. The molecule has 7 heteroatoms. The smallest absolute Gasteiger partial charge is 0.167 e. The molecule has 3 aromatic rings. The quantitative estimate of drug-likeness (QED) is 0.733. The van der Waals surface area contributed by atoms with Gasteiger partial charge < -0.3 is 10.1 Å². The molecule has 0 atom stereocenters. The lowest BCUT2D eigenvalue weighted by Gasteiger charge is -2.09. The summed E-state index contributed by atoms with van der Waals surface area (Å²) < 4.78 is 31.4. The number of benzene rings is 1. The Kier molecular flexibility index (Phi) is 3.92. The lowest BCUT2D eigenvalue weighted by Crippen LogP contribution is -2.13. The predicted octanol–water partition coefficient (Wildman–Crippen LogP) is 3.46. The molecular formula is C14H11F2N3OS. The zero-order valence-corrected chi connectivity index (χ0v) is 11.7. The lowest BCUT2D eigenvalue weighted by molar-refractivity contribution is 0.314. The summed E-state index contributed by atoms with van der Waals surface area (Å²) in [7, 11) is 0. The molecule has 21 heavy (non-hydrogen) atoms. The van der Waals surface area contributed by atoms with Gasteiger partial charge in [0, 0.05) is 6.07 Å². The van der Waals surface area contributed by atoms with Crippen molar-refractivity contribution in [3.05, 3.63) is 47.6 Å². The third-order valence-electron chi connectivity index (χ3n) is 2.81. The van der Waals surface area contributed by atoms with Gasteiger partial charge in [-0.25, -0.2) is 18.7 Å². The number of hydrogen-bond donors (Lipinski definition) is 1. The molecule has 0 spiro atoms. The maximum Gasteiger partial charge on any atom is 0.167 e. The molecule has 0 saturated carbocycles. The molecule has 1 aromatic carbocycles. The number of rotatable bonds is 5. The van der Waals surface area contributed by atoms with Crippen LogP contribution in [-0.2, 0) is 0 Å². The van der Waals surface area contributed by atoms with Crippen LogP contribution in [0.5, 0.6) is 5.75 Å². The Labute approximate surface area is 123 Å². The van der Waals surface area contributed by atoms with Crippen LogP contribution in [0.1, 0.15) is 0 Å². The lowest BCUT2D eigenvalue weighted by atomic mass is 10.3. The molecule has 0 saturated heterocycles. The third kappa shape index (κ3) is 3.08. The van der Waals surface area contributed by atoms with Crippen molar-refractivity contribution in [1.29, 1.82) is 0 Å². The highest BCUT2D eigenvalue weighted by atomic mass is 32.1. The van der Waals surface area contributed by atoms with E-state index in [9.17, 15) is 8.78 Å². The van der Waals surface area contributed by atoms with Crippen molar-refractivity contribution in [3.63, 3.8) is 0 Å². The number of nitrogens with zero attached hydrogens (tertiary/aromatic N) is 2. The topological polar surface area (TPSA) is 47.0 Å². The summed E-state index contributed by atoms with van der Waals surface area (Å²) in [6.45, 7) is 0.678. The summed E-state index contributed by atoms with van der Waals surface area (Å²) in [5.74, 6) is -0.595. The summed E-state index contributed by atoms with van der Waals surface area (Å²) in [6.07, 6.45) is 1.49. The van der Waals surface area contributed by atoms with Crippen molar-refractivity contribution in [2.45, 2.75) is 0 Å². The SMILES string of the molecule is Fc1ccc(OCCNc2ncnc3sccc23)c(F)c1. The molecule has 0 aliphatic carbocycles. The van der Waals surface area contributed by atoms with Crippen LogP contribution in [0.25, 0.3) is 10.2 Å². The number of halogens is 2. The van der Waals surface area contributed by atoms with Gasteiger partial charge in [-0.15, -0.1) is 11.3 Å². The van der Waals surface area contributed by atoms with E-state index in [4.69, 9.17) is 4.74 Å². The summed E-state index contributed by atoms with van der Waals surface area (Å²) in [4.78, 5) is 9.21. The average molecular weight is 307 g/mol. The second-order valence-electron chi connectivity index (χ2n) is 4.21. The van der Waals surface area contributed by atoms with Crippen LogP contribution in [0, 0.1) is 11.6 Å². The van der Waals surface area contributed by atoms with Gasteiger partial charge in [-0.3, -0.25) is 0 Å². The molecule has 3 rings (SSSR count). The first-order valence-corrected chi connectivity index (χ1v) is 7.12. The second kappa shape index (κ2) is 6.01. The van der Waals surface area contributed by atoms with Gasteiger partial charge in [0.05, 0.1) is 11.9 Å². The van der Waals surface area contributed by atoms with Crippen LogP contribution >= 0.6 is 11.3 Å². The van der Waals surface area contributed by atoms with E-state index in [0.717, 1.165) is 22.3 Å². The van der Waals surface area contributed by atoms with Gasteiger partial charge in [0.15, 0.2) is 11.6 Å².